The molecule has 0 spiro atoms. The van der Waals surface area contributed by atoms with E-state index in [2.05, 4.69) is 0 Å². The van der Waals surface area contributed by atoms with Crippen LogP contribution in [-0.4, -0.2) is 60.6 Å². The molecule has 0 saturated carbocycles. The van der Waals surface area contributed by atoms with Crippen molar-refractivity contribution in [1.29, 1.82) is 0 Å². The van der Waals surface area contributed by atoms with E-state index in [1.54, 1.807) is 0 Å². The van der Waals surface area contributed by atoms with E-state index in [4.69, 9.17) is 12.2 Å². The maximum atomic E-state index is 8.76. The van der Waals surface area contributed by atoms with Gasteiger partial charge in [0, 0.05) is 0 Å². The van der Waals surface area contributed by atoms with Crippen LogP contribution in [0.3, 0.4) is 0 Å². The van der Waals surface area contributed by atoms with Crippen LogP contribution in [0.4, 0.5) is 0 Å². The van der Waals surface area contributed by atoms with Gasteiger partial charge in [0.15, 0.2) is 0 Å². The van der Waals surface area contributed by atoms with Crippen LogP contribution < -0.4 is 0 Å². The number of hydrogen-bond donors (Lipinski definition) is 2. The second-order valence-corrected chi connectivity index (χ2v) is 1.20. The quantitative estimate of drug-likeness (QED) is 0.395. The topological polar surface area (TPSA) is 57.5 Å². The van der Waals surface area contributed by atoms with Gasteiger partial charge in [0.1, 0.15) is 0 Å². The molecule has 2 N–H and O–H groups in total. The Morgan fingerprint density at radius 2 is 1.40 bits per heavy atom. The molecule has 0 fully saturated rings. The Labute approximate surface area is 63.7 Å². The molecule has 0 bridgehead atoms. The standard InChI is InChI=1S/Ca.H2O3Se.2H/c;1-4(2)3;;/h;(H2,1,2,3);;. The summed E-state index contributed by atoms with van der Waals surface area (Å²) >= 11 is -3.29. The number of hydrogen-bond acceptors (Lipinski definition) is 1. The Morgan fingerprint density at radius 3 is 1.40 bits per heavy atom. The van der Waals surface area contributed by atoms with Crippen molar-refractivity contribution in [2.75, 3.05) is 0 Å². The van der Waals surface area contributed by atoms with Crippen molar-refractivity contribution in [3.05, 3.63) is 0 Å². The molecule has 0 aromatic rings. The van der Waals surface area contributed by atoms with Crippen molar-refractivity contribution in [2.45, 2.75) is 0 Å². The first-order valence-corrected chi connectivity index (χ1v) is 2.76. The summed E-state index contributed by atoms with van der Waals surface area (Å²) in [6.07, 6.45) is 0. The maximum absolute atomic E-state index is 8.76. The van der Waals surface area contributed by atoms with Crippen molar-refractivity contribution >= 4 is 52.2 Å². The summed E-state index contributed by atoms with van der Waals surface area (Å²) in [6, 6.07) is 0. The van der Waals surface area contributed by atoms with Gasteiger partial charge >= 0.3 is 64.4 Å². The summed E-state index contributed by atoms with van der Waals surface area (Å²) < 4.78 is 23.1. The molecule has 0 aromatic heterocycles. The molecule has 5 heavy (non-hydrogen) atoms. The van der Waals surface area contributed by atoms with Gasteiger partial charge in [-0.05, 0) is 0 Å². The zero-order valence-electron chi connectivity index (χ0n) is 1.71. The average molecular weight is 171 g/mol. The third kappa shape index (κ3) is 30.0. The predicted octanol–water partition coefficient (Wildman–Crippen LogP) is -2.53. The van der Waals surface area contributed by atoms with Crippen molar-refractivity contribution < 1.29 is 12.2 Å². The van der Waals surface area contributed by atoms with E-state index in [0.717, 1.165) is 0 Å². The van der Waals surface area contributed by atoms with Gasteiger partial charge in [0.05, 0.1) is 0 Å². The minimum atomic E-state index is -3.29. The molecule has 0 rings (SSSR count). The van der Waals surface area contributed by atoms with Gasteiger partial charge in [-0.15, -0.1) is 0 Å². The molecule has 3 nitrogen and oxygen atoms in total. The normalized spacial score (nSPS) is 7.00. The molecule has 0 aliphatic heterocycles. The fourth-order valence-corrected chi connectivity index (χ4v) is 0. The van der Waals surface area contributed by atoms with Crippen LogP contribution >= 0.6 is 0 Å². The van der Waals surface area contributed by atoms with Gasteiger partial charge in [-0.3, -0.25) is 0 Å². The van der Waals surface area contributed by atoms with Crippen LogP contribution in [0.15, 0.2) is 0 Å². The van der Waals surface area contributed by atoms with Crippen LogP contribution in [0.25, 0.3) is 0 Å². The molecule has 0 atom stereocenters. The van der Waals surface area contributed by atoms with E-state index in [1.165, 1.54) is 0 Å². The molecule has 0 unspecified atom stereocenters. The Kier molecular flexibility index (Phi) is 10.7. The van der Waals surface area contributed by atoms with Crippen LogP contribution in [0.5, 0.6) is 0 Å². The van der Waals surface area contributed by atoms with Crippen LogP contribution in [0, 0.1) is 0 Å². The molecule has 0 radical (unpaired) electrons. The molecule has 30 valence electrons. The van der Waals surface area contributed by atoms with E-state index in [-0.39, 0.29) is 37.7 Å². The van der Waals surface area contributed by atoms with E-state index < -0.39 is 14.5 Å². The van der Waals surface area contributed by atoms with Crippen LogP contribution in [-0.2, 0) is 3.83 Å². The van der Waals surface area contributed by atoms with E-state index in [1.807, 2.05) is 0 Å². The third-order valence-electron chi connectivity index (χ3n) is 0. The summed E-state index contributed by atoms with van der Waals surface area (Å²) in [7, 11) is 0. The first kappa shape index (κ1) is 9.71. The molecule has 0 heterocycles. The monoisotopic (exact) mass is 172 g/mol. The fraction of sp³-hybridized carbons (Fsp3) is 0. The van der Waals surface area contributed by atoms with Gasteiger partial charge in [0.2, 0.25) is 0 Å². The average Bonchev–Trinajstić information content (AvgIpc) is 0.811. The molecular weight excluding hydrogens is 167 g/mol. The van der Waals surface area contributed by atoms with Crippen molar-refractivity contribution in [2.24, 2.45) is 0 Å². The van der Waals surface area contributed by atoms with Gasteiger partial charge < -0.3 is 0 Å². The second kappa shape index (κ2) is 5.50. The Morgan fingerprint density at radius 1 is 1.40 bits per heavy atom. The Hall–Kier alpha value is 1.50. The summed E-state index contributed by atoms with van der Waals surface area (Å²) in [4.78, 5) is 0. The second-order valence-electron chi connectivity index (χ2n) is 0.231. The van der Waals surface area contributed by atoms with E-state index in [9.17, 15) is 0 Å². The van der Waals surface area contributed by atoms with Crippen molar-refractivity contribution in [1.82, 2.24) is 0 Å². The van der Waals surface area contributed by atoms with Gasteiger partial charge in [-0.2, -0.15) is 0 Å². The zero-order valence-corrected chi connectivity index (χ0v) is 3.42. The molecule has 0 amide bonds. The van der Waals surface area contributed by atoms with Crippen molar-refractivity contribution in [3.8, 4) is 0 Å². The molecule has 0 aromatic carbocycles. The fourth-order valence-electron chi connectivity index (χ4n) is 0. The van der Waals surface area contributed by atoms with Crippen LogP contribution in [0.1, 0.15) is 0 Å². The molecule has 0 aliphatic carbocycles. The van der Waals surface area contributed by atoms with E-state index in [0.29, 0.717) is 0 Å². The molecule has 0 saturated heterocycles. The third-order valence-corrected chi connectivity index (χ3v) is 0. The zero-order chi connectivity index (χ0) is 3.58. The summed E-state index contributed by atoms with van der Waals surface area (Å²) in [5.74, 6) is 0. The SMILES string of the molecule is O=[Se](O)O.[CaH2]. The van der Waals surface area contributed by atoms with Crippen LogP contribution in [0.2, 0.25) is 0 Å². The molecule has 0 aliphatic rings. The minimum absolute atomic E-state index is 0. The summed E-state index contributed by atoms with van der Waals surface area (Å²) in [5, 5.41) is 0. The van der Waals surface area contributed by atoms with Gasteiger partial charge in [-0.25, -0.2) is 0 Å². The Balaban J connectivity index is 0. The van der Waals surface area contributed by atoms with Gasteiger partial charge in [0.25, 0.3) is 0 Å². The number of rotatable bonds is 0. The van der Waals surface area contributed by atoms with Crippen molar-refractivity contribution in [3.63, 3.8) is 0 Å². The summed E-state index contributed by atoms with van der Waals surface area (Å²) in [5.41, 5.74) is 0. The Bertz CT molecular complexity index is 29.9. The molecular formula is H4CaO3Se. The van der Waals surface area contributed by atoms with Gasteiger partial charge in [-0.1, -0.05) is 0 Å². The summed E-state index contributed by atoms with van der Waals surface area (Å²) in [6.45, 7) is 0. The first-order chi connectivity index (χ1) is 1.73. The van der Waals surface area contributed by atoms with E-state index >= 15 is 0 Å². The first-order valence-electron chi connectivity index (χ1n) is 0.532. The molecule has 5 heteroatoms. The predicted molar refractivity (Wildman–Crippen MR) is 19.4 cm³/mol.